The van der Waals surface area contributed by atoms with Crippen molar-refractivity contribution in [2.45, 2.75) is 57.4 Å². The Kier molecular flexibility index (Phi) is 11.6. The lowest BCUT2D eigenvalue weighted by Gasteiger charge is -2.29. The molecule has 11 nitrogen and oxygen atoms in total. The molecule has 0 spiro atoms. The molecule has 0 unspecified atom stereocenters. The molecule has 2 fully saturated rings. The molecule has 0 aliphatic carbocycles. The molecule has 0 radical (unpaired) electrons. The molecule has 4 heterocycles. The normalized spacial score (nSPS) is 16.4. The maximum atomic E-state index is 14.2. The Bertz CT molecular complexity index is 2230. The van der Waals surface area contributed by atoms with Gasteiger partial charge >= 0.3 is 0 Å². The zero-order chi connectivity index (χ0) is 38.3. The summed E-state index contributed by atoms with van der Waals surface area (Å²) < 4.78 is 25.0. The van der Waals surface area contributed by atoms with Crippen molar-refractivity contribution in [3.05, 3.63) is 101 Å². The van der Waals surface area contributed by atoms with Gasteiger partial charge < -0.3 is 28.7 Å². The second-order valence-electron chi connectivity index (χ2n) is 14.6. The van der Waals surface area contributed by atoms with Gasteiger partial charge in [0.2, 0.25) is 0 Å². The van der Waals surface area contributed by atoms with Gasteiger partial charge in [0.1, 0.15) is 11.6 Å². The number of aliphatic imine (C=N–C) groups is 1. The van der Waals surface area contributed by atoms with Crippen molar-refractivity contribution >= 4 is 34.4 Å². The van der Waals surface area contributed by atoms with E-state index in [1.54, 1.807) is 17.7 Å². The van der Waals surface area contributed by atoms with Gasteiger partial charge in [-0.05, 0) is 74.2 Å². The summed E-state index contributed by atoms with van der Waals surface area (Å²) >= 11 is 0. The Balaban J connectivity index is 0.816. The predicted octanol–water partition coefficient (Wildman–Crippen LogP) is 8.02. The molecule has 56 heavy (non-hydrogen) atoms. The molecule has 0 bridgehead atoms. The van der Waals surface area contributed by atoms with Crippen molar-refractivity contribution in [1.29, 1.82) is 0 Å². The van der Waals surface area contributed by atoms with Gasteiger partial charge in [-0.2, -0.15) is 0 Å². The van der Waals surface area contributed by atoms with Crippen molar-refractivity contribution in [2.75, 3.05) is 58.1 Å². The molecule has 3 aliphatic heterocycles. The lowest BCUT2D eigenvalue weighted by atomic mass is 10.1. The minimum Gasteiger partial charge on any atom is -0.494 e. The molecule has 2 saturated heterocycles. The number of anilines is 1. The van der Waals surface area contributed by atoms with Crippen LogP contribution >= 0.6 is 0 Å². The quantitative estimate of drug-likeness (QED) is 0.0990. The van der Waals surface area contributed by atoms with Crippen LogP contribution in [0.4, 0.5) is 11.4 Å². The molecular formula is C45H49N5O6. The van der Waals surface area contributed by atoms with E-state index in [9.17, 15) is 9.59 Å². The average Bonchev–Trinajstić information content (AvgIpc) is 3.68. The zero-order valence-electron chi connectivity index (χ0n) is 32.0. The van der Waals surface area contributed by atoms with Crippen LogP contribution in [-0.2, 0) is 4.74 Å². The molecule has 1 amide bonds. The lowest BCUT2D eigenvalue weighted by molar-refractivity contribution is 0.0774. The van der Waals surface area contributed by atoms with E-state index >= 15 is 0 Å². The molecule has 1 aromatic heterocycles. The summed E-state index contributed by atoms with van der Waals surface area (Å²) in [6, 6.07) is 27.2. The van der Waals surface area contributed by atoms with Gasteiger partial charge in [0, 0.05) is 43.2 Å². The van der Waals surface area contributed by atoms with E-state index < -0.39 is 0 Å². The Morgan fingerprint density at radius 1 is 0.768 bits per heavy atom. The lowest BCUT2D eigenvalue weighted by Crippen LogP contribution is -2.36. The highest BCUT2D eigenvalue weighted by Gasteiger charge is 2.32. The molecule has 0 saturated carbocycles. The van der Waals surface area contributed by atoms with E-state index in [0.29, 0.717) is 65.9 Å². The van der Waals surface area contributed by atoms with Crippen molar-refractivity contribution in [1.82, 2.24) is 14.5 Å². The molecule has 1 atom stereocenters. The second kappa shape index (κ2) is 17.4. The van der Waals surface area contributed by atoms with Crippen molar-refractivity contribution in [3.8, 4) is 34.3 Å². The highest BCUT2D eigenvalue weighted by molar-refractivity contribution is 6.03. The average molecular weight is 756 g/mol. The van der Waals surface area contributed by atoms with E-state index in [1.807, 2.05) is 90.0 Å². The summed E-state index contributed by atoms with van der Waals surface area (Å²) in [5, 5.41) is 0.584. The Labute approximate surface area is 327 Å². The number of carbonyl (C=O) groups excluding carboxylic acids is 1. The third-order valence-corrected chi connectivity index (χ3v) is 10.9. The van der Waals surface area contributed by atoms with Crippen molar-refractivity contribution in [2.24, 2.45) is 4.99 Å². The van der Waals surface area contributed by atoms with Crippen LogP contribution in [0.3, 0.4) is 0 Å². The number of nitrogens with zero attached hydrogens (tertiary/aromatic N) is 5. The highest BCUT2D eigenvalue weighted by Crippen LogP contribution is 2.38. The van der Waals surface area contributed by atoms with Crippen LogP contribution in [0.1, 0.15) is 61.7 Å². The number of unbranched alkanes of at least 4 members (excludes halogenated alkanes) is 5. The number of hydrogen-bond acceptors (Lipinski definition) is 9. The second-order valence-corrected chi connectivity index (χ2v) is 14.6. The van der Waals surface area contributed by atoms with Crippen LogP contribution in [0.15, 0.2) is 94.7 Å². The number of fused-ring (bicyclic) bond motifs is 3. The summed E-state index contributed by atoms with van der Waals surface area (Å²) in [7, 11) is 1.60. The number of carbonyl (C=O) groups is 1. The van der Waals surface area contributed by atoms with E-state index in [0.717, 1.165) is 93.7 Å². The molecule has 3 aliphatic rings. The first-order valence-corrected chi connectivity index (χ1v) is 20.0. The van der Waals surface area contributed by atoms with Gasteiger partial charge in [-0.25, -0.2) is 4.98 Å². The fourth-order valence-electron chi connectivity index (χ4n) is 7.81. The van der Waals surface area contributed by atoms with E-state index in [-0.39, 0.29) is 17.5 Å². The fraction of sp³-hybridized carbons (Fsp3) is 0.378. The monoisotopic (exact) mass is 755 g/mol. The smallest absolute Gasteiger partial charge is 0.266 e. The largest absolute Gasteiger partial charge is 0.494 e. The first kappa shape index (κ1) is 37.3. The summed E-state index contributed by atoms with van der Waals surface area (Å²) in [6.07, 6.45) is 10.1. The van der Waals surface area contributed by atoms with Gasteiger partial charge in [-0.15, -0.1) is 0 Å². The van der Waals surface area contributed by atoms with Crippen molar-refractivity contribution in [3.63, 3.8) is 0 Å². The van der Waals surface area contributed by atoms with Crippen LogP contribution < -0.4 is 24.7 Å². The topological polar surface area (TPSA) is 108 Å². The molecule has 0 N–H and O–H groups in total. The van der Waals surface area contributed by atoms with Crippen LogP contribution in [0.2, 0.25) is 0 Å². The van der Waals surface area contributed by atoms with E-state index in [1.165, 1.54) is 0 Å². The first-order valence-electron chi connectivity index (χ1n) is 20.0. The summed E-state index contributed by atoms with van der Waals surface area (Å²) in [5.74, 6) is 2.57. The number of rotatable bonds is 15. The number of ether oxygens (including phenoxy) is 4. The SMILES string of the molecule is COc1cc2c(cc1OCCCCCCCCOc1ccc(-n3c(-c4ccccc4)nc4ccc(N5CCOCC5)cc4c3=O)cc1)N=C[C@@H]1CCCN1C2=O. The first-order chi connectivity index (χ1) is 27.6. The number of hydrogen-bond donors (Lipinski definition) is 0. The third-order valence-electron chi connectivity index (χ3n) is 10.9. The molecule has 8 rings (SSSR count). The fourth-order valence-corrected chi connectivity index (χ4v) is 7.81. The molecule has 4 aromatic carbocycles. The summed E-state index contributed by atoms with van der Waals surface area (Å²) in [5.41, 5.74) is 4.40. The Morgan fingerprint density at radius 2 is 1.50 bits per heavy atom. The minimum absolute atomic E-state index is 0.0112. The number of morpholine rings is 1. The van der Waals surface area contributed by atoms with Crippen LogP contribution in [0, 0.1) is 0 Å². The summed E-state index contributed by atoms with van der Waals surface area (Å²) in [4.78, 5) is 41.1. The van der Waals surface area contributed by atoms with Gasteiger partial charge in [0.05, 0.1) is 67.4 Å². The number of methoxy groups -OCH3 is 1. The van der Waals surface area contributed by atoms with Crippen LogP contribution in [-0.4, -0.2) is 85.8 Å². The molecule has 290 valence electrons. The van der Waals surface area contributed by atoms with Gasteiger partial charge in [0.25, 0.3) is 11.5 Å². The van der Waals surface area contributed by atoms with Crippen LogP contribution in [0.25, 0.3) is 28.0 Å². The van der Waals surface area contributed by atoms with Gasteiger partial charge in [-0.1, -0.05) is 56.0 Å². The number of amides is 1. The number of benzene rings is 4. The molecule has 5 aromatic rings. The number of aromatic nitrogens is 2. The zero-order valence-corrected chi connectivity index (χ0v) is 32.0. The third kappa shape index (κ3) is 8.14. The van der Waals surface area contributed by atoms with E-state index in [4.69, 9.17) is 23.9 Å². The van der Waals surface area contributed by atoms with Gasteiger partial charge in [0.15, 0.2) is 11.5 Å². The maximum absolute atomic E-state index is 14.2. The Morgan fingerprint density at radius 3 is 2.27 bits per heavy atom. The Hall–Kier alpha value is -5.68. The predicted molar refractivity (Wildman–Crippen MR) is 220 cm³/mol. The molecule has 11 heteroatoms. The van der Waals surface area contributed by atoms with E-state index in [2.05, 4.69) is 9.89 Å². The highest BCUT2D eigenvalue weighted by atomic mass is 16.5. The summed E-state index contributed by atoms with van der Waals surface area (Å²) in [6.45, 7) is 4.90. The standard InChI is InChI=1S/C45H49N5O6/c1-53-41-29-38-40(46-31-35-14-11-21-49(35)44(38)51)30-42(41)56-25-10-5-3-2-4-9-24-55-36-18-15-33(16-19-36)50-43(32-12-7-6-8-13-32)47-39-20-17-34(28-37(39)45(50)52)48-22-26-54-27-23-48/h6-8,12-13,15-20,28-31,35H,2-5,9-11,14,21-27H2,1H3/t35-/m0/s1. The van der Waals surface area contributed by atoms with Crippen molar-refractivity contribution < 1.29 is 23.7 Å². The molecular weight excluding hydrogens is 707 g/mol. The maximum Gasteiger partial charge on any atom is 0.266 e. The van der Waals surface area contributed by atoms with Gasteiger partial charge in [-0.3, -0.25) is 19.1 Å². The van der Waals surface area contributed by atoms with Crippen LogP contribution in [0.5, 0.6) is 17.2 Å². The minimum atomic E-state index is -0.106.